The predicted molar refractivity (Wildman–Crippen MR) is 45.4 cm³/mol. The first-order chi connectivity index (χ1) is 6.18. The van der Waals surface area contributed by atoms with Gasteiger partial charge in [-0.1, -0.05) is 0 Å². The smallest absolute Gasteiger partial charge is 0.329 e. The van der Waals surface area contributed by atoms with E-state index >= 15 is 0 Å². The lowest BCUT2D eigenvalue weighted by Crippen LogP contribution is -2.46. The van der Waals surface area contributed by atoms with Crippen LogP contribution < -0.4 is 5.73 Å². The van der Waals surface area contributed by atoms with E-state index in [4.69, 9.17) is 20.3 Å². The van der Waals surface area contributed by atoms with Crippen LogP contribution in [0.15, 0.2) is 0 Å². The first-order valence-electron chi connectivity index (χ1n) is 4.32. The molecule has 1 heterocycles. The second-order valence-corrected chi connectivity index (χ2v) is 3.18. The van der Waals surface area contributed by atoms with E-state index in [1.165, 1.54) is 0 Å². The van der Waals surface area contributed by atoms with Crippen LogP contribution in [0.2, 0.25) is 0 Å². The largest absolute Gasteiger partial charge is 0.480 e. The number of carbonyl (C=O) groups is 1. The topological polar surface area (TPSA) is 81.8 Å². The van der Waals surface area contributed by atoms with E-state index in [-0.39, 0.29) is 6.61 Å². The molecule has 5 nitrogen and oxygen atoms in total. The molecule has 0 saturated carbocycles. The van der Waals surface area contributed by atoms with E-state index in [0.29, 0.717) is 32.6 Å². The van der Waals surface area contributed by atoms with Crippen molar-refractivity contribution in [3.05, 3.63) is 0 Å². The number of carboxylic acids is 1. The summed E-state index contributed by atoms with van der Waals surface area (Å²) in [4.78, 5) is 10.3. The van der Waals surface area contributed by atoms with Gasteiger partial charge < -0.3 is 20.3 Å². The first-order valence-corrected chi connectivity index (χ1v) is 4.32. The highest BCUT2D eigenvalue weighted by Gasteiger charge is 2.32. The Morgan fingerprint density at radius 2 is 2.15 bits per heavy atom. The number of hydrogen-bond donors (Lipinski definition) is 2. The maximum atomic E-state index is 10.3. The number of ether oxygens (including phenoxy) is 2. The third kappa shape index (κ3) is 2.95. The second-order valence-electron chi connectivity index (χ2n) is 3.18. The Morgan fingerprint density at radius 3 is 2.62 bits per heavy atom. The average Bonchev–Trinajstić information content (AvgIpc) is 2.16. The summed E-state index contributed by atoms with van der Waals surface area (Å²) in [5.74, 6) is -0.959. The zero-order valence-electron chi connectivity index (χ0n) is 7.49. The second kappa shape index (κ2) is 4.55. The van der Waals surface area contributed by atoms with Crippen molar-refractivity contribution in [1.82, 2.24) is 0 Å². The van der Waals surface area contributed by atoms with Crippen molar-refractivity contribution in [2.45, 2.75) is 18.4 Å². The Kier molecular flexibility index (Phi) is 3.65. The summed E-state index contributed by atoms with van der Waals surface area (Å²) in [5, 5.41) is 8.46. The highest BCUT2D eigenvalue weighted by Crippen LogP contribution is 2.23. The van der Waals surface area contributed by atoms with Gasteiger partial charge in [-0.25, -0.2) is 4.79 Å². The van der Waals surface area contributed by atoms with Crippen LogP contribution in [0, 0.1) is 0 Å². The van der Waals surface area contributed by atoms with Crippen LogP contribution in [0.1, 0.15) is 12.8 Å². The van der Waals surface area contributed by atoms with E-state index < -0.39 is 11.6 Å². The molecule has 1 saturated heterocycles. The minimum Gasteiger partial charge on any atom is -0.480 e. The summed E-state index contributed by atoms with van der Waals surface area (Å²) in [6.07, 6.45) is 1.35. The van der Waals surface area contributed by atoms with Gasteiger partial charge in [0.05, 0.1) is 5.60 Å². The molecule has 1 aliphatic rings. The molecule has 13 heavy (non-hydrogen) atoms. The summed E-state index contributed by atoms with van der Waals surface area (Å²) in [7, 11) is 0. The molecule has 0 aromatic heterocycles. The van der Waals surface area contributed by atoms with Gasteiger partial charge in [0.25, 0.3) is 0 Å². The van der Waals surface area contributed by atoms with Gasteiger partial charge in [-0.3, -0.25) is 0 Å². The summed E-state index contributed by atoms with van der Waals surface area (Å²) in [5.41, 5.74) is 5.08. The Balaban J connectivity index is 2.42. The summed E-state index contributed by atoms with van der Waals surface area (Å²) < 4.78 is 10.4. The summed E-state index contributed by atoms with van der Waals surface area (Å²) in [6.45, 7) is 1.26. The molecule has 76 valence electrons. The molecule has 0 atom stereocenters. The molecule has 0 bridgehead atoms. The Bertz CT molecular complexity index is 177. The Labute approximate surface area is 76.8 Å². The monoisotopic (exact) mass is 189 g/mol. The Morgan fingerprint density at radius 1 is 1.54 bits per heavy atom. The van der Waals surface area contributed by atoms with Crippen LogP contribution >= 0.6 is 0 Å². The standard InChI is InChI=1S/C8H15NO4/c9-6-8(13-5-7(10)11)1-3-12-4-2-8/h1-6,9H2,(H,10,11). The summed E-state index contributed by atoms with van der Waals surface area (Å²) in [6, 6.07) is 0. The van der Waals surface area contributed by atoms with Gasteiger partial charge in [-0.15, -0.1) is 0 Å². The fourth-order valence-electron chi connectivity index (χ4n) is 1.37. The minimum atomic E-state index is -0.959. The van der Waals surface area contributed by atoms with Crippen molar-refractivity contribution < 1.29 is 19.4 Å². The van der Waals surface area contributed by atoms with Gasteiger partial charge >= 0.3 is 5.97 Å². The van der Waals surface area contributed by atoms with Crippen LogP contribution in [0.25, 0.3) is 0 Å². The molecule has 1 aliphatic heterocycles. The lowest BCUT2D eigenvalue weighted by atomic mass is 9.94. The van der Waals surface area contributed by atoms with Crippen LogP contribution in [-0.4, -0.2) is 43.0 Å². The van der Waals surface area contributed by atoms with Crippen molar-refractivity contribution in [3.8, 4) is 0 Å². The van der Waals surface area contributed by atoms with E-state index in [1.807, 2.05) is 0 Å². The van der Waals surface area contributed by atoms with E-state index in [2.05, 4.69) is 0 Å². The number of carboxylic acid groups (broad SMARTS) is 1. The first kappa shape index (κ1) is 10.4. The molecular formula is C8H15NO4. The fraction of sp³-hybridized carbons (Fsp3) is 0.875. The lowest BCUT2D eigenvalue weighted by molar-refractivity contribution is -0.156. The number of hydrogen-bond acceptors (Lipinski definition) is 4. The van der Waals surface area contributed by atoms with Gasteiger partial charge in [0, 0.05) is 32.6 Å². The molecule has 0 aliphatic carbocycles. The highest BCUT2D eigenvalue weighted by atomic mass is 16.5. The summed E-state index contributed by atoms with van der Waals surface area (Å²) >= 11 is 0. The van der Waals surface area contributed by atoms with Crippen LogP contribution in [0.3, 0.4) is 0 Å². The average molecular weight is 189 g/mol. The van der Waals surface area contributed by atoms with Crippen molar-refractivity contribution in [2.75, 3.05) is 26.4 Å². The van der Waals surface area contributed by atoms with Gasteiger partial charge in [0.2, 0.25) is 0 Å². The van der Waals surface area contributed by atoms with Gasteiger partial charge in [-0.2, -0.15) is 0 Å². The molecule has 0 radical (unpaired) electrons. The van der Waals surface area contributed by atoms with E-state index in [1.54, 1.807) is 0 Å². The number of nitrogens with two attached hydrogens (primary N) is 1. The van der Waals surface area contributed by atoms with Crippen LogP contribution in [0.4, 0.5) is 0 Å². The van der Waals surface area contributed by atoms with E-state index in [9.17, 15) is 4.79 Å². The molecular weight excluding hydrogens is 174 g/mol. The maximum absolute atomic E-state index is 10.3. The number of rotatable bonds is 4. The molecule has 1 fully saturated rings. The maximum Gasteiger partial charge on any atom is 0.329 e. The molecule has 5 heteroatoms. The minimum absolute atomic E-state index is 0.281. The predicted octanol–water partition coefficient (Wildman–Crippen LogP) is -0.405. The molecule has 0 unspecified atom stereocenters. The zero-order valence-corrected chi connectivity index (χ0v) is 7.49. The third-order valence-corrected chi connectivity index (χ3v) is 2.28. The highest BCUT2D eigenvalue weighted by molar-refractivity contribution is 5.68. The van der Waals surface area contributed by atoms with Crippen molar-refractivity contribution >= 4 is 5.97 Å². The third-order valence-electron chi connectivity index (χ3n) is 2.28. The molecule has 0 spiro atoms. The van der Waals surface area contributed by atoms with Crippen LogP contribution in [0.5, 0.6) is 0 Å². The van der Waals surface area contributed by atoms with Crippen LogP contribution in [-0.2, 0) is 14.3 Å². The SMILES string of the molecule is NCC1(OCC(=O)O)CCOCC1. The Hall–Kier alpha value is -0.650. The van der Waals surface area contributed by atoms with Crippen molar-refractivity contribution in [1.29, 1.82) is 0 Å². The van der Waals surface area contributed by atoms with Gasteiger partial charge in [0.15, 0.2) is 0 Å². The van der Waals surface area contributed by atoms with E-state index in [0.717, 1.165) is 0 Å². The normalized spacial score (nSPS) is 21.3. The fourth-order valence-corrected chi connectivity index (χ4v) is 1.37. The van der Waals surface area contributed by atoms with Crippen molar-refractivity contribution in [3.63, 3.8) is 0 Å². The lowest BCUT2D eigenvalue weighted by Gasteiger charge is -2.35. The number of aliphatic carboxylic acids is 1. The molecule has 0 aromatic rings. The molecule has 0 amide bonds. The van der Waals surface area contributed by atoms with Crippen molar-refractivity contribution in [2.24, 2.45) is 5.73 Å². The molecule has 0 aromatic carbocycles. The van der Waals surface area contributed by atoms with Gasteiger partial charge in [0.1, 0.15) is 6.61 Å². The molecule has 3 N–H and O–H groups in total. The quantitative estimate of drug-likeness (QED) is 0.628. The molecule has 1 rings (SSSR count). The zero-order chi connectivity index (χ0) is 9.73. The van der Waals surface area contributed by atoms with Gasteiger partial charge in [-0.05, 0) is 0 Å².